The van der Waals surface area contributed by atoms with Gasteiger partial charge in [-0.1, -0.05) is 26.8 Å². The summed E-state index contributed by atoms with van der Waals surface area (Å²) >= 11 is 3.50. The number of benzene rings is 1. The van der Waals surface area contributed by atoms with Gasteiger partial charge in [0, 0.05) is 18.2 Å². The normalized spacial score (nSPS) is 11.7. The molecule has 8 heteroatoms. The molecule has 0 fully saturated rings. The number of halogens is 1. The van der Waals surface area contributed by atoms with Gasteiger partial charge in [0.25, 0.3) is 0 Å². The van der Waals surface area contributed by atoms with E-state index in [9.17, 15) is 4.79 Å². The first kappa shape index (κ1) is 18.4. The molecule has 0 aliphatic heterocycles. The highest BCUT2D eigenvalue weighted by molar-refractivity contribution is 9.10. The van der Waals surface area contributed by atoms with Gasteiger partial charge < -0.3 is 10.1 Å². The largest absolute Gasteiger partial charge is 0.496 e. The summed E-state index contributed by atoms with van der Waals surface area (Å²) in [5, 5.41) is 9.87. The molecule has 7 nitrogen and oxygen atoms in total. The van der Waals surface area contributed by atoms with Crippen LogP contribution in [0.15, 0.2) is 33.7 Å². The maximum absolute atomic E-state index is 12.0. The molecular formula is C18H22BrN5O2. The van der Waals surface area contributed by atoms with Crippen molar-refractivity contribution in [3.8, 4) is 5.75 Å². The zero-order chi connectivity index (χ0) is 18.9. The fraction of sp³-hybridized carbons (Fsp3) is 0.389. The highest BCUT2D eigenvalue weighted by Crippen LogP contribution is 2.26. The van der Waals surface area contributed by atoms with E-state index >= 15 is 0 Å². The van der Waals surface area contributed by atoms with Gasteiger partial charge >= 0.3 is 5.69 Å². The molecule has 3 aromatic rings. The van der Waals surface area contributed by atoms with E-state index in [0.717, 1.165) is 27.9 Å². The van der Waals surface area contributed by atoms with Crippen molar-refractivity contribution in [1.82, 2.24) is 19.6 Å². The van der Waals surface area contributed by atoms with E-state index < -0.39 is 0 Å². The summed E-state index contributed by atoms with van der Waals surface area (Å²) in [6.45, 7) is 6.84. The second-order valence-corrected chi connectivity index (χ2v) is 7.95. The van der Waals surface area contributed by atoms with Crippen molar-refractivity contribution in [3.63, 3.8) is 0 Å². The predicted octanol–water partition coefficient (Wildman–Crippen LogP) is 3.14. The number of fused-ring (bicyclic) bond motifs is 1. The predicted molar refractivity (Wildman–Crippen MR) is 105 cm³/mol. The van der Waals surface area contributed by atoms with Gasteiger partial charge in [0.1, 0.15) is 5.75 Å². The van der Waals surface area contributed by atoms with Crippen molar-refractivity contribution in [1.29, 1.82) is 0 Å². The number of rotatable bonds is 5. The van der Waals surface area contributed by atoms with Gasteiger partial charge in [0.05, 0.1) is 17.3 Å². The number of hydrogen-bond donors (Lipinski definition) is 2. The average Bonchev–Trinajstić information content (AvgIpc) is 2.96. The van der Waals surface area contributed by atoms with Crippen LogP contribution in [0.5, 0.6) is 5.75 Å². The third-order valence-corrected chi connectivity index (χ3v) is 4.71. The molecule has 0 unspecified atom stereocenters. The Bertz CT molecular complexity index is 987. The summed E-state index contributed by atoms with van der Waals surface area (Å²) in [5.74, 6) is 1.40. The van der Waals surface area contributed by atoms with Crippen molar-refractivity contribution in [2.45, 2.75) is 32.6 Å². The minimum Gasteiger partial charge on any atom is -0.496 e. The van der Waals surface area contributed by atoms with Gasteiger partial charge in [-0.15, -0.1) is 5.10 Å². The van der Waals surface area contributed by atoms with E-state index in [0.29, 0.717) is 18.0 Å². The van der Waals surface area contributed by atoms with Crippen molar-refractivity contribution in [2.24, 2.45) is 0 Å². The molecular weight excluding hydrogens is 398 g/mol. The lowest BCUT2D eigenvalue weighted by Gasteiger charge is -2.19. The summed E-state index contributed by atoms with van der Waals surface area (Å²) in [6, 6.07) is 6.00. The molecule has 2 heterocycles. The van der Waals surface area contributed by atoms with Crippen LogP contribution in [0, 0.1) is 0 Å². The van der Waals surface area contributed by atoms with Crippen LogP contribution in [-0.2, 0) is 11.8 Å². The van der Waals surface area contributed by atoms with E-state index in [-0.39, 0.29) is 11.1 Å². The van der Waals surface area contributed by atoms with Gasteiger partial charge in [-0.2, -0.15) is 0 Å². The van der Waals surface area contributed by atoms with E-state index in [1.165, 1.54) is 4.40 Å². The molecule has 0 bridgehead atoms. The van der Waals surface area contributed by atoms with Gasteiger partial charge in [-0.25, -0.2) is 19.3 Å². The molecule has 0 saturated carbocycles. The molecule has 0 spiro atoms. The van der Waals surface area contributed by atoms with Crippen LogP contribution in [0.4, 0.5) is 5.82 Å². The number of methoxy groups -OCH3 is 1. The van der Waals surface area contributed by atoms with Crippen molar-refractivity contribution in [2.75, 3.05) is 19.0 Å². The lowest BCUT2D eigenvalue weighted by Crippen LogP contribution is -2.20. The highest BCUT2D eigenvalue weighted by atomic mass is 79.9. The van der Waals surface area contributed by atoms with E-state index in [4.69, 9.17) is 4.74 Å². The minimum atomic E-state index is -0.268. The number of anilines is 1. The third kappa shape index (κ3) is 3.75. The molecule has 1 aromatic carbocycles. The third-order valence-electron chi connectivity index (χ3n) is 4.09. The fourth-order valence-corrected chi connectivity index (χ4v) is 3.17. The Hall–Kier alpha value is -2.35. The lowest BCUT2D eigenvalue weighted by atomic mass is 9.93. The van der Waals surface area contributed by atoms with E-state index in [2.05, 4.69) is 57.2 Å². The van der Waals surface area contributed by atoms with E-state index in [1.807, 2.05) is 18.2 Å². The number of hydrogen-bond acceptors (Lipinski definition) is 5. The number of nitrogens with zero attached hydrogens (tertiary/aromatic N) is 3. The first-order chi connectivity index (χ1) is 12.3. The topological polar surface area (TPSA) is 84.3 Å². The van der Waals surface area contributed by atoms with Gasteiger partial charge in [0.15, 0.2) is 5.82 Å². The maximum Gasteiger partial charge on any atom is 0.347 e. The molecule has 0 amide bonds. The molecule has 2 N–H and O–H groups in total. The maximum atomic E-state index is 12.0. The SMILES string of the molecule is COc1ccc(CCNc2nc(C(C)(C)C)cn3c(=O)[nH]nc23)cc1Br. The molecule has 26 heavy (non-hydrogen) atoms. The van der Waals surface area contributed by atoms with Crippen LogP contribution in [-0.4, -0.2) is 33.2 Å². The smallest absolute Gasteiger partial charge is 0.347 e. The Balaban J connectivity index is 1.82. The summed E-state index contributed by atoms with van der Waals surface area (Å²) in [4.78, 5) is 16.7. The number of nitrogens with one attached hydrogen (secondary N) is 2. The number of ether oxygens (including phenoxy) is 1. The zero-order valence-corrected chi connectivity index (χ0v) is 16.8. The van der Waals surface area contributed by atoms with Crippen LogP contribution < -0.4 is 15.7 Å². The second kappa shape index (κ2) is 7.11. The van der Waals surface area contributed by atoms with Crippen LogP contribution in [0.3, 0.4) is 0 Å². The van der Waals surface area contributed by atoms with Crippen molar-refractivity contribution < 1.29 is 4.74 Å². The molecule has 0 aliphatic carbocycles. The summed E-state index contributed by atoms with van der Waals surface area (Å²) < 4.78 is 7.68. The Morgan fingerprint density at radius 3 is 2.77 bits per heavy atom. The quantitative estimate of drug-likeness (QED) is 0.663. The first-order valence-electron chi connectivity index (χ1n) is 8.34. The van der Waals surface area contributed by atoms with Gasteiger partial charge in [-0.3, -0.25) is 0 Å². The Labute approximate surface area is 159 Å². The van der Waals surface area contributed by atoms with E-state index in [1.54, 1.807) is 13.3 Å². The Morgan fingerprint density at radius 1 is 1.35 bits per heavy atom. The molecule has 3 rings (SSSR count). The Kier molecular flexibility index (Phi) is 5.04. The number of H-pyrrole nitrogens is 1. The first-order valence-corrected chi connectivity index (χ1v) is 9.13. The van der Waals surface area contributed by atoms with Crippen molar-refractivity contribution >= 4 is 27.4 Å². The molecule has 138 valence electrons. The second-order valence-electron chi connectivity index (χ2n) is 7.09. The molecule has 0 saturated heterocycles. The molecule has 0 aliphatic rings. The van der Waals surface area contributed by atoms with Gasteiger partial charge in [-0.05, 0) is 40.0 Å². The summed E-state index contributed by atoms with van der Waals surface area (Å²) in [6.07, 6.45) is 2.54. The van der Waals surface area contributed by atoms with Crippen LogP contribution in [0.1, 0.15) is 32.0 Å². The number of aromatic nitrogens is 4. The fourth-order valence-electron chi connectivity index (χ4n) is 2.58. The monoisotopic (exact) mass is 419 g/mol. The van der Waals surface area contributed by atoms with Crippen molar-refractivity contribution in [3.05, 3.63) is 50.6 Å². The zero-order valence-electron chi connectivity index (χ0n) is 15.3. The van der Waals surface area contributed by atoms with Gasteiger partial charge in [0.2, 0.25) is 5.65 Å². The minimum absolute atomic E-state index is 0.178. The van der Waals surface area contributed by atoms with Crippen LogP contribution in [0.2, 0.25) is 0 Å². The molecule has 0 radical (unpaired) electrons. The van der Waals surface area contributed by atoms with Crippen LogP contribution >= 0.6 is 15.9 Å². The molecule has 2 aromatic heterocycles. The van der Waals surface area contributed by atoms with Crippen LogP contribution in [0.25, 0.3) is 5.65 Å². The Morgan fingerprint density at radius 2 is 2.12 bits per heavy atom. The summed E-state index contributed by atoms with van der Waals surface area (Å²) in [7, 11) is 1.65. The summed E-state index contributed by atoms with van der Waals surface area (Å²) in [5.41, 5.74) is 2.03. The molecule has 0 atom stereocenters. The number of aromatic amines is 1. The standard InChI is InChI=1S/C18H22BrN5O2/c1-18(2,3)14-10-24-16(22-23-17(24)25)15(21-14)20-8-7-11-5-6-13(26-4)12(19)9-11/h5-6,9-10H,7-8H2,1-4H3,(H,20,21)(H,23,25). The lowest BCUT2D eigenvalue weighted by molar-refractivity contribution is 0.412. The highest BCUT2D eigenvalue weighted by Gasteiger charge is 2.19. The average molecular weight is 420 g/mol.